The zero-order chi connectivity index (χ0) is 27.3. The van der Waals surface area contributed by atoms with Gasteiger partial charge in [0.25, 0.3) is 0 Å². The van der Waals surface area contributed by atoms with Crippen LogP contribution in [0.4, 0.5) is 0 Å². The van der Waals surface area contributed by atoms with Crippen LogP contribution in [0.15, 0.2) is 133 Å². The van der Waals surface area contributed by atoms with E-state index in [-0.39, 0.29) is 25.2 Å². The Kier molecular flexibility index (Phi) is 7.06. The fraction of sp³-hybridized carbons (Fsp3) is 0.0556. The van der Waals surface area contributed by atoms with Gasteiger partial charge in [-0.15, -0.1) is 0 Å². The van der Waals surface area contributed by atoms with Crippen LogP contribution < -0.4 is 0 Å². The van der Waals surface area contributed by atoms with E-state index in [1.54, 1.807) is 24.3 Å². The number of carbonyl (C=O) groups is 2. The molecule has 0 unspecified atom stereocenters. The topological polar surface area (TPSA) is 52.6 Å². The minimum atomic E-state index is -0.380. The van der Waals surface area contributed by atoms with Crippen molar-refractivity contribution in [1.82, 2.24) is 0 Å². The van der Waals surface area contributed by atoms with E-state index in [2.05, 4.69) is 24.3 Å². The van der Waals surface area contributed by atoms with E-state index in [0.717, 1.165) is 43.8 Å². The molecule has 6 aromatic carbocycles. The van der Waals surface area contributed by atoms with Gasteiger partial charge in [-0.3, -0.25) is 0 Å². The Hall–Kier alpha value is -5.22. The van der Waals surface area contributed by atoms with Crippen molar-refractivity contribution >= 4 is 33.5 Å². The van der Waals surface area contributed by atoms with Gasteiger partial charge >= 0.3 is 11.9 Å². The lowest BCUT2D eigenvalue weighted by Gasteiger charge is -2.19. The Morgan fingerprint density at radius 2 is 0.800 bits per heavy atom. The molecule has 4 nitrogen and oxygen atoms in total. The van der Waals surface area contributed by atoms with E-state index in [4.69, 9.17) is 9.47 Å². The number of ether oxygens (including phenoxy) is 2. The van der Waals surface area contributed by atoms with Crippen LogP contribution in [0.1, 0.15) is 31.8 Å². The summed E-state index contributed by atoms with van der Waals surface area (Å²) in [6, 6.07) is 42.4. The van der Waals surface area contributed by atoms with Crippen LogP contribution in [0.2, 0.25) is 0 Å². The molecular formula is C36H26O4. The largest absolute Gasteiger partial charge is 0.457 e. The number of benzene rings is 6. The Morgan fingerprint density at radius 3 is 1.23 bits per heavy atom. The summed E-state index contributed by atoms with van der Waals surface area (Å²) in [6.45, 7) is 0.195. The van der Waals surface area contributed by atoms with Crippen LogP contribution in [-0.4, -0.2) is 11.9 Å². The average molecular weight is 523 g/mol. The summed E-state index contributed by atoms with van der Waals surface area (Å²) in [5.41, 5.74) is 4.67. The third-order valence-electron chi connectivity index (χ3n) is 7.02. The number of hydrogen-bond acceptors (Lipinski definition) is 4. The zero-order valence-electron chi connectivity index (χ0n) is 21.7. The van der Waals surface area contributed by atoms with Gasteiger partial charge in [0.2, 0.25) is 0 Å². The quantitative estimate of drug-likeness (QED) is 0.198. The molecule has 40 heavy (non-hydrogen) atoms. The predicted molar refractivity (Wildman–Crippen MR) is 158 cm³/mol. The molecule has 0 fully saturated rings. The first-order valence-corrected chi connectivity index (χ1v) is 13.1. The highest BCUT2D eigenvalue weighted by Gasteiger charge is 2.19. The van der Waals surface area contributed by atoms with Gasteiger partial charge in [-0.05, 0) is 68.1 Å². The summed E-state index contributed by atoms with van der Waals surface area (Å²) in [7, 11) is 0. The molecule has 0 saturated carbocycles. The van der Waals surface area contributed by atoms with Gasteiger partial charge in [0.15, 0.2) is 0 Å². The van der Waals surface area contributed by atoms with Crippen molar-refractivity contribution in [2.45, 2.75) is 13.2 Å². The molecule has 4 heteroatoms. The summed E-state index contributed by atoms with van der Waals surface area (Å²) in [4.78, 5) is 25.7. The van der Waals surface area contributed by atoms with Gasteiger partial charge in [-0.1, -0.05) is 109 Å². The van der Waals surface area contributed by atoms with Crippen LogP contribution in [0.5, 0.6) is 0 Å². The third kappa shape index (κ3) is 5.07. The molecule has 0 spiro atoms. The first kappa shape index (κ1) is 25.1. The lowest BCUT2D eigenvalue weighted by molar-refractivity contribution is 0.0463. The van der Waals surface area contributed by atoms with Gasteiger partial charge in [-0.25, -0.2) is 9.59 Å². The molecule has 0 radical (unpaired) electrons. The molecule has 0 atom stereocenters. The standard InChI is InChI=1S/C36H26O4/c37-35(27-13-3-1-4-14-27)39-23-29-21-19-25-11-7-9-17-31(25)33(29)34-30(22-20-26-12-8-10-18-32(26)34)24-40-36(38)28-15-5-2-6-16-28/h1-22H,23-24H2. The Labute approximate surface area is 232 Å². The maximum Gasteiger partial charge on any atom is 0.338 e. The lowest BCUT2D eigenvalue weighted by Crippen LogP contribution is -2.08. The zero-order valence-corrected chi connectivity index (χ0v) is 21.7. The number of rotatable bonds is 7. The SMILES string of the molecule is O=C(OCc1ccc2ccccc2c1-c1c(COC(=O)c2ccccc2)ccc2ccccc12)c1ccccc1. The summed E-state index contributed by atoms with van der Waals surface area (Å²) in [5.74, 6) is -0.760. The molecule has 0 aliphatic rings. The fourth-order valence-electron chi connectivity index (χ4n) is 5.07. The molecule has 6 aromatic rings. The Bertz CT molecular complexity index is 1690. The van der Waals surface area contributed by atoms with Crippen molar-refractivity contribution in [3.63, 3.8) is 0 Å². The lowest BCUT2D eigenvalue weighted by atomic mass is 9.87. The van der Waals surface area contributed by atoms with Crippen molar-refractivity contribution in [2.24, 2.45) is 0 Å². The van der Waals surface area contributed by atoms with E-state index in [0.29, 0.717) is 11.1 Å². The van der Waals surface area contributed by atoms with Gasteiger partial charge < -0.3 is 9.47 Å². The maximum atomic E-state index is 12.8. The number of carbonyl (C=O) groups excluding carboxylic acids is 2. The second-order valence-electron chi connectivity index (χ2n) is 9.53. The van der Waals surface area contributed by atoms with Crippen molar-refractivity contribution in [3.8, 4) is 11.1 Å². The molecule has 0 aromatic heterocycles. The Morgan fingerprint density at radius 1 is 0.425 bits per heavy atom. The normalized spacial score (nSPS) is 10.9. The van der Waals surface area contributed by atoms with E-state index in [1.165, 1.54) is 0 Å². The van der Waals surface area contributed by atoms with Gasteiger partial charge in [0.1, 0.15) is 13.2 Å². The van der Waals surface area contributed by atoms with E-state index >= 15 is 0 Å². The molecule has 0 bridgehead atoms. The number of esters is 2. The average Bonchev–Trinajstić information content (AvgIpc) is 3.03. The van der Waals surface area contributed by atoms with Gasteiger partial charge in [0.05, 0.1) is 11.1 Å². The number of fused-ring (bicyclic) bond motifs is 2. The highest BCUT2D eigenvalue weighted by Crippen LogP contribution is 2.40. The van der Waals surface area contributed by atoms with E-state index in [9.17, 15) is 9.59 Å². The van der Waals surface area contributed by atoms with Crippen molar-refractivity contribution in [2.75, 3.05) is 0 Å². The molecule has 0 aliphatic heterocycles. The minimum absolute atomic E-state index is 0.0976. The van der Waals surface area contributed by atoms with E-state index < -0.39 is 0 Å². The summed E-state index contributed by atoms with van der Waals surface area (Å²) >= 11 is 0. The first-order valence-electron chi connectivity index (χ1n) is 13.1. The van der Waals surface area contributed by atoms with Crippen LogP contribution in [0, 0.1) is 0 Å². The molecule has 194 valence electrons. The first-order chi connectivity index (χ1) is 19.7. The third-order valence-corrected chi connectivity index (χ3v) is 7.02. The Balaban J connectivity index is 1.46. The summed E-state index contributed by atoms with van der Waals surface area (Å²) < 4.78 is 11.6. The molecule has 0 heterocycles. The van der Waals surface area contributed by atoms with Crippen molar-refractivity contribution in [3.05, 3.63) is 156 Å². The fourth-order valence-corrected chi connectivity index (χ4v) is 5.07. The molecular weight excluding hydrogens is 496 g/mol. The smallest absolute Gasteiger partial charge is 0.338 e. The summed E-state index contributed by atoms with van der Waals surface area (Å²) in [5, 5.41) is 4.19. The number of hydrogen-bond donors (Lipinski definition) is 0. The van der Waals surface area contributed by atoms with Crippen LogP contribution in [-0.2, 0) is 22.7 Å². The van der Waals surface area contributed by atoms with Gasteiger partial charge in [-0.2, -0.15) is 0 Å². The highest BCUT2D eigenvalue weighted by atomic mass is 16.5. The molecule has 0 N–H and O–H groups in total. The molecule has 0 saturated heterocycles. The maximum absolute atomic E-state index is 12.8. The molecule has 6 rings (SSSR count). The molecule has 0 aliphatic carbocycles. The van der Waals surface area contributed by atoms with Crippen molar-refractivity contribution < 1.29 is 19.1 Å². The predicted octanol–water partition coefficient (Wildman–Crippen LogP) is 8.37. The van der Waals surface area contributed by atoms with Crippen LogP contribution >= 0.6 is 0 Å². The monoisotopic (exact) mass is 522 g/mol. The second kappa shape index (κ2) is 11.3. The van der Waals surface area contributed by atoms with E-state index in [1.807, 2.05) is 84.9 Å². The minimum Gasteiger partial charge on any atom is -0.457 e. The second-order valence-corrected chi connectivity index (χ2v) is 9.53. The van der Waals surface area contributed by atoms with Crippen LogP contribution in [0.3, 0.4) is 0 Å². The van der Waals surface area contributed by atoms with Crippen LogP contribution in [0.25, 0.3) is 32.7 Å². The summed E-state index contributed by atoms with van der Waals surface area (Å²) in [6.07, 6.45) is 0. The van der Waals surface area contributed by atoms with Gasteiger partial charge in [0, 0.05) is 0 Å². The highest BCUT2D eigenvalue weighted by molar-refractivity contribution is 6.08. The molecule has 0 amide bonds. The van der Waals surface area contributed by atoms with Crippen molar-refractivity contribution in [1.29, 1.82) is 0 Å².